The highest BCUT2D eigenvalue weighted by Crippen LogP contribution is 2.31. The van der Waals surface area contributed by atoms with Crippen molar-refractivity contribution in [2.75, 3.05) is 5.32 Å². The third-order valence-electron chi connectivity index (χ3n) is 6.61. The summed E-state index contributed by atoms with van der Waals surface area (Å²) in [5.41, 5.74) is 2.63. The number of nitrogens with zero attached hydrogens (tertiary/aromatic N) is 2. The van der Waals surface area contributed by atoms with Crippen molar-refractivity contribution in [3.63, 3.8) is 0 Å². The maximum Gasteiger partial charge on any atom is 0.408 e. The second-order valence-electron chi connectivity index (χ2n) is 11.0. The van der Waals surface area contributed by atoms with Crippen molar-refractivity contribution in [1.82, 2.24) is 14.3 Å². The molecular weight excluding hydrogens is 564 g/mol. The van der Waals surface area contributed by atoms with Crippen LogP contribution in [0.3, 0.4) is 0 Å². The number of carbonyl (C=O) groups excluding carboxylic acids is 2. The van der Waals surface area contributed by atoms with E-state index in [0.29, 0.717) is 16.7 Å². The topological polar surface area (TPSA) is 119 Å². The van der Waals surface area contributed by atoms with Crippen LogP contribution in [0.25, 0.3) is 22.2 Å². The molecule has 0 aliphatic heterocycles. The van der Waals surface area contributed by atoms with Gasteiger partial charge in [-0.25, -0.2) is 22.2 Å². The van der Waals surface area contributed by atoms with Crippen LogP contribution in [0, 0.1) is 0 Å². The molecule has 5 rings (SSSR count). The number of pyridine rings is 1. The Morgan fingerprint density at radius 2 is 1.53 bits per heavy atom. The van der Waals surface area contributed by atoms with E-state index in [4.69, 9.17) is 4.74 Å². The second-order valence-corrected chi connectivity index (χ2v) is 12.8. The smallest absolute Gasteiger partial charge is 0.408 e. The van der Waals surface area contributed by atoms with Crippen molar-refractivity contribution in [2.45, 2.75) is 43.7 Å². The molecule has 2 amide bonds. The Bertz CT molecular complexity index is 1850. The van der Waals surface area contributed by atoms with E-state index in [1.807, 2.05) is 48.5 Å². The lowest BCUT2D eigenvalue weighted by Gasteiger charge is -2.23. The zero-order valence-corrected chi connectivity index (χ0v) is 24.8. The number of fused-ring (bicyclic) bond motifs is 1. The van der Waals surface area contributed by atoms with Crippen LogP contribution in [-0.2, 0) is 26.0 Å². The summed E-state index contributed by atoms with van der Waals surface area (Å²) in [6.45, 7) is 5.27. The van der Waals surface area contributed by atoms with E-state index >= 15 is 0 Å². The van der Waals surface area contributed by atoms with Gasteiger partial charge in [-0.05, 0) is 73.9 Å². The van der Waals surface area contributed by atoms with Crippen LogP contribution in [0.5, 0.6) is 0 Å². The molecule has 0 saturated carbocycles. The molecule has 2 aromatic heterocycles. The number of aromatic nitrogens is 2. The van der Waals surface area contributed by atoms with Gasteiger partial charge in [-0.1, -0.05) is 60.7 Å². The van der Waals surface area contributed by atoms with E-state index in [-0.39, 0.29) is 11.3 Å². The predicted molar refractivity (Wildman–Crippen MR) is 166 cm³/mol. The number of alkyl carbamates (subject to hydrolysis) is 1. The fourth-order valence-corrected chi connectivity index (χ4v) is 5.96. The van der Waals surface area contributed by atoms with Gasteiger partial charge in [0.25, 0.3) is 10.0 Å². The summed E-state index contributed by atoms with van der Waals surface area (Å²) < 4.78 is 33.1. The molecule has 2 N–H and O–H groups in total. The number of hydrogen-bond donors (Lipinski definition) is 2. The third-order valence-corrected chi connectivity index (χ3v) is 8.29. The monoisotopic (exact) mass is 596 g/mol. The Morgan fingerprint density at radius 3 is 2.19 bits per heavy atom. The van der Waals surface area contributed by atoms with Crippen LogP contribution in [0.2, 0.25) is 0 Å². The Labute approximate surface area is 250 Å². The molecule has 0 radical (unpaired) electrons. The van der Waals surface area contributed by atoms with Crippen LogP contribution in [0.1, 0.15) is 26.3 Å². The number of hydrogen-bond acceptors (Lipinski definition) is 6. The summed E-state index contributed by atoms with van der Waals surface area (Å²) in [5, 5.41) is 6.25. The molecule has 0 unspecified atom stereocenters. The minimum absolute atomic E-state index is 0.173. The highest BCUT2D eigenvalue weighted by atomic mass is 32.2. The maximum atomic E-state index is 13.3. The van der Waals surface area contributed by atoms with Crippen LogP contribution in [-0.4, -0.2) is 41.0 Å². The van der Waals surface area contributed by atoms with Crippen molar-refractivity contribution in [3.8, 4) is 11.1 Å². The van der Waals surface area contributed by atoms with Crippen LogP contribution in [0.15, 0.2) is 114 Å². The molecule has 0 fully saturated rings. The van der Waals surface area contributed by atoms with Crippen LogP contribution >= 0.6 is 0 Å². The number of rotatable bonds is 8. The van der Waals surface area contributed by atoms with Gasteiger partial charge in [-0.3, -0.25) is 4.79 Å². The normalized spacial score (nSPS) is 12.4. The molecule has 1 atom stereocenters. The maximum absolute atomic E-state index is 13.3. The minimum atomic E-state index is -3.82. The summed E-state index contributed by atoms with van der Waals surface area (Å²) in [7, 11) is -3.82. The van der Waals surface area contributed by atoms with E-state index in [9.17, 15) is 18.0 Å². The fraction of sp³-hybridized carbons (Fsp3) is 0.182. The molecule has 220 valence electrons. The molecule has 9 nitrogen and oxygen atoms in total. The van der Waals surface area contributed by atoms with E-state index in [2.05, 4.69) is 15.6 Å². The average molecular weight is 597 g/mol. The Hall–Kier alpha value is -4.96. The molecule has 0 bridgehead atoms. The number of carbonyl (C=O) groups is 2. The molecule has 0 saturated heterocycles. The van der Waals surface area contributed by atoms with E-state index < -0.39 is 33.7 Å². The van der Waals surface area contributed by atoms with Crippen molar-refractivity contribution in [2.24, 2.45) is 0 Å². The summed E-state index contributed by atoms with van der Waals surface area (Å²) >= 11 is 0. The molecule has 43 heavy (non-hydrogen) atoms. The molecule has 0 aliphatic carbocycles. The van der Waals surface area contributed by atoms with E-state index in [1.54, 1.807) is 75.5 Å². The molecule has 5 aromatic rings. The quantitative estimate of drug-likeness (QED) is 0.226. The van der Waals surface area contributed by atoms with Crippen LogP contribution in [0.4, 0.5) is 10.5 Å². The first-order valence-electron chi connectivity index (χ1n) is 13.7. The number of anilines is 1. The standard InChI is InChI=1S/C33H32N4O5S/c1-33(2,3)42-32(39)36-29(22-23-10-6-4-7-11-23)31(38)35-25-16-14-24(15-17-25)27-18-20-34-30-28(27)19-21-37(30)43(40,41)26-12-8-5-9-13-26/h4-21,29H,22H2,1-3H3,(H,35,38)(H,36,39)/t29-/m0/s1. The molecule has 2 heterocycles. The highest BCUT2D eigenvalue weighted by molar-refractivity contribution is 7.90. The number of ether oxygens (including phenoxy) is 1. The zero-order valence-electron chi connectivity index (χ0n) is 24.0. The molecule has 0 aliphatic rings. The van der Waals surface area contributed by atoms with Crippen molar-refractivity contribution in [1.29, 1.82) is 0 Å². The fourth-order valence-electron chi connectivity index (χ4n) is 4.64. The lowest BCUT2D eigenvalue weighted by atomic mass is 10.0. The van der Waals surface area contributed by atoms with Gasteiger partial charge in [0.2, 0.25) is 5.91 Å². The van der Waals surface area contributed by atoms with E-state index in [0.717, 1.165) is 16.7 Å². The predicted octanol–water partition coefficient (Wildman–Crippen LogP) is 6.01. The molecule has 0 spiro atoms. The Morgan fingerprint density at radius 1 is 0.884 bits per heavy atom. The van der Waals surface area contributed by atoms with Gasteiger partial charge in [0.1, 0.15) is 11.6 Å². The number of benzene rings is 3. The van der Waals surface area contributed by atoms with Gasteiger partial charge < -0.3 is 15.4 Å². The van der Waals surface area contributed by atoms with Crippen molar-refractivity contribution < 1.29 is 22.7 Å². The van der Waals surface area contributed by atoms with Crippen molar-refractivity contribution >= 4 is 38.7 Å². The first-order valence-corrected chi connectivity index (χ1v) is 15.2. The Balaban J connectivity index is 1.36. The SMILES string of the molecule is CC(C)(C)OC(=O)N[C@@H](Cc1ccccc1)C(=O)Nc1ccc(-c2ccnc3c2ccn3S(=O)(=O)c2ccccc2)cc1. The van der Waals surface area contributed by atoms with Crippen LogP contribution < -0.4 is 10.6 Å². The number of nitrogens with one attached hydrogen (secondary N) is 2. The zero-order chi connectivity index (χ0) is 30.6. The molecular formula is C33H32N4O5S. The Kier molecular flexibility index (Phi) is 8.31. The third kappa shape index (κ3) is 6.92. The molecule has 3 aromatic carbocycles. The van der Waals surface area contributed by atoms with Gasteiger partial charge in [-0.2, -0.15) is 0 Å². The summed E-state index contributed by atoms with van der Waals surface area (Å²) in [4.78, 5) is 30.4. The first kappa shape index (κ1) is 29.5. The van der Waals surface area contributed by atoms with Crippen molar-refractivity contribution in [3.05, 3.63) is 115 Å². The lowest BCUT2D eigenvalue weighted by Crippen LogP contribution is -2.47. The highest BCUT2D eigenvalue weighted by Gasteiger charge is 2.25. The first-order chi connectivity index (χ1) is 20.5. The van der Waals surface area contributed by atoms with E-state index in [1.165, 1.54) is 10.2 Å². The largest absolute Gasteiger partial charge is 0.444 e. The minimum Gasteiger partial charge on any atom is -0.444 e. The van der Waals surface area contributed by atoms with Gasteiger partial charge in [0.05, 0.1) is 4.90 Å². The van der Waals surface area contributed by atoms with Gasteiger partial charge in [-0.15, -0.1) is 0 Å². The average Bonchev–Trinajstić information content (AvgIpc) is 3.43. The van der Waals surface area contributed by atoms with Gasteiger partial charge in [0.15, 0.2) is 5.65 Å². The number of amides is 2. The lowest BCUT2D eigenvalue weighted by molar-refractivity contribution is -0.118. The summed E-state index contributed by atoms with van der Waals surface area (Å²) in [6, 6.07) is 27.5. The molecule has 10 heteroatoms. The summed E-state index contributed by atoms with van der Waals surface area (Å²) in [5.74, 6) is -0.392. The second kappa shape index (κ2) is 12.1. The summed E-state index contributed by atoms with van der Waals surface area (Å²) in [6.07, 6.45) is 2.67. The van der Waals surface area contributed by atoms with Gasteiger partial charge in [0, 0.05) is 29.9 Å². The van der Waals surface area contributed by atoms with Gasteiger partial charge >= 0.3 is 6.09 Å².